The summed E-state index contributed by atoms with van der Waals surface area (Å²) in [5.41, 5.74) is 2.67. The molecule has 1 saturated carbocycles. The van der Waals surface area contributed by atoms with Gasteiger partial charge in [0.1, 0.15) is 0 Å². The molecule has 1 aromatic heterocycles. The maximum absolute atomic E-state index is 14.6. The standard InChI is InChI=1S/C28H36FN3O3/c1-3-5-17-34-20-23(33)18-31(21-15-16-21)19-24-26(4-2)30-32(22-11-7-6-8-12-22)28(24)35-27-14-10-9-13-25(27)29/h6-14,21,23,33H,3-5,15-20H2,1-2H3/t23-/m0/s1. The minimum absolute atomic E-state index is 0.163. The van der Waals surface area contributed by atoms with Gasteiger partial charge in [0.05, 0.1) is 29.7 Å². The topological polar surface area (TPSA) is 59.8 Å². The van der Waals surface area contributed by atoms with Crippen molar-refractivity contribution in [3.63, 3.8) is 0 Å². The van der Waals surface area contributed by atoms with Crippen molar-refractivity contribution in [2.75, 3.05) is 19.8 Å². The largest absolute Gasteiger partial charge is 0.435 e. The lowest BCUT2D eigenvalue weighted by molar-refractivity contribution is 0.0126. The molecule has 1 aliphatic carbocycles. The van der Waals surface area contributed by atoms with E-state index in [9.17, 15) is 9.50 Å². The summed E-state index contributed by atoms with van der Waals surface area (Å²) in [6, 6.07) is 16.6. The first-order valence-corrected chi connectivity index (χ1v) is 12.7. The van der Waals surface area contributed by atoms with Crippen LogP contribution >= 0.6 is 0 Å². The maximum atomic E-state index is 14.6. The number of para-hydroxylation sites is 2. The van der Waals surface area contributed by atoms with Gasteiger partial charge in [0.25, 0.3) is 0 Å². The molecule has 0 spiro atoms. The third-order valence-electron chi connectivity index (χ3n) is 6.22. The number of nitrogens with zero attached hydrogens (tertiary/aromatic N) is 3. The molecule has 1 heterocycles. The molecule has 3 aromatic rings. The van der Waals surface area contributed by atoms with E-state index in [2.05, 4.69) is 18.7 Å². The number of unbranched alkanes of at least 4 members (excludes halogenated alkanes) is 1. The van der Waals surface area contributed by atoms with E-state index in [0.29, 0.717) is 44.6 Å². The Bertz CT molecular complexity index is 1070. The van der Waals surface area contributed by atoms with Crippen molar-refractivity contribution in [3.05, 3.63) is 71.7 Å². The lowest BCUT2D eigenvalue weighted by atomic mass is 10.1. The molecule has 35 heavy (non-hydrogen) atoms. The van der Waals surface area contributed by atoms with Crippen molar-refractivity contribution < 1.29 is 19.0 Å². The zero-order valence-electron chi connectivity index (χ0n) is 20.7. The van der Waals surface area contributed by atoms with Gasteiger partial charge in [0.15, 0.2) is 11.6 Å². The van der Waals surface area contributed by atoms with Crippen LogP contribution in [0.25, 0.3) is 5.69 Å². The lowest BCUT2D eigenvalue weighted by Crippen LogP contribution is -2.36. The summed E-state index contributed by atoms with van der Waals surface area (Å²) in [5, 5.41) is 15.5. The second-order valence-electron chi connectivity index (χ2n) is 9.11. The molecule has 4 rings (SSSR count). The van der Waals surface area contributed by atoms with Crippen molar-refractivity contribution in [2.24, 2.45) is 0 Å². The van der Waals surface area contributed by atoms with Crippen molar-refractivity contribution in [1.82, 2.24) is 14.7 Å². The van der Waals surface area contributed by atoms with E-state index < -0.39 is 11.9 Å². The average molecular weight is 482 g/mol. The first-order chi connectivity index (χ1) is 17.1. The number of aryl methyl sites for hydroxylation is 1. The molecule has 1 atom stereocenters. The highest BCUT2D eigenvalue weighted by Gasteiger charge is 2.33. The van der Waals surface area contributed by atoms with E-state index in [-0.39, 0.29) is 5.75 Å². The molecule has 1 fully saturated rings. The quantitative estimate of drug-likeness (QED) is 0.308. The number of aromatic nitrogens is 2. The van der Waals surface area contributed by atoms with Crippen molar-refractivity contribution in [1.29, 1.82) is 0 Å². The highest BCUT2D eigenvalue weighted by atomic mass is 19.1. The number of ether oxygens (including phenoxy) is 2. The molecule has 1 aliphatic rings. The molecule has 6 nitrogen and oxygen atoms in total. The number of halogens is 1. The maximum Gasteiger partial charge on any atom is 0.227 e. The SMILES string of the molecule is CCCCOC[C@@H](O)CN(Cc1c(CC)nn(-c2ccccc2)c1Oc1ccccc1F)C1CC1. The van der Waals surface area contributed by atoms with E-state index in [0.717, 1.165) is 42.6 Å². The number of rotatable bonds is 14. The van der Waals surface area contributed by atoms with Gasteiger partial charge in [-0.2, -0.15) is 5.10 Å². The van der Waals surface area contributed by atoms with E-state index in [4.69, 9.17) is 14.6 Å². The number of hydrogen-bond donors (Lipinski definition) is 1. The summed E-state index contributed by atoms with van der Waals surface area (Å²) >= 11 is 0. The molecule has 0 radical (unpaired) electrons. The van der Waals surface area contributed by atoms with Gasteiger partial charge >= 0.3 is 0 Å². The molecule has 0 unspecified atom stereocenters. The normalized spacial score (nSPS) is 14.4. The van der Waals surface area contributed by atoms with Crippen LogP contribution in [0.15, 0.2) is 54.6 Å². The zero-order chi connectivity index (χ0) is 24.6. The number of hydrogen-bond acceptors (Lipinski definition) is 5. The minimum atomic E-state index is -0.572. The number of aliphatic hydroxyl groups is 1. The fraction of sp³-hybridized carbons (Fsp3) is 0.464. The summed E-state index contributed by atoms with van der Waals surface area (Å²) in [6.07, 6.45) is 4.40. The summed E-state index contributed by atoms with van der Waals surface area (Å²) in [7, 11) is 0. The summed E-state index contributed by atoms with van der Waals surface area (Å²) in [4.78, 5) is 2.29. The van der Waals surface area contributed by atoms with E-state index in [1.165, 1.54) is 6.07 Å². The van der Waals surface area contributed by atoms with Crippen LogP contribution in [-0.2, 0) is 17.7 Å². The van der Waals surface area contributed by atoms with Crippen molar-refractivity contribution >= 4 is 0 Å². The first kappa shape index (κ1) is 25.4. The van der Waals surface area contributed by atoms with E-state index >= 15 is 0 Å². The Hall–Kier alpha value is -2.74. The van der Waals surface area contributed by atoms with Crippen LogP contribution in [0.3, 0.4) is 0 Å². The Morgan fingerprint density at radius 1 is 1.11 bits per heavy atom. The monoisotopic (exact) mass is 481 g/mol. The lowest BCUT2D eigenvalue weighted by Gasteiger charge is -2.25. The predicted molar refractivity (Wildman–Crippen MR) is 135 cm³/mol. The van der Waals surface area contributed by atoms with Gasteiger partial charge in [-0.3, -0.25) is 4.90 Å². The van der Waals surface area contributed by atoms with Crippen molar-refractivity contribution in [3.8, 4) is 17.3 Å². The Balaban J connectivity index is 1.63. The van der Waals surface area contributed by atoms with Crippen LogP contribution in [0.5, 0.6) is 11.6 Å². The first-order valence-electron chi connectivity index (χ1n) is 12.7. The van der Waals surface area contributed by atoms with E-state index in [1.54, 1.807) is 22.9 Å². The molecule has 0 saturated heterocycles. The van der Waals surface area contributed by atoms with Gasteiger partial charge in [0, 0.05) is 25.7 Å². The Morgan fingerprint density at radius 2 is 1.86 bits per heavy atom. The smallest absolute Gasteiger partial charge is 0.227 e. The summed E-state index contributed by atoms with van der Waals surface area (Å²) in [6.45, 7) is 6.25. The van der Waals surface area contributed by atoms with Crippen LogP contribution < -0.4 is 4.74 Å². The minimum Gasteiger partial charge on any atom is -0.435 e. The third kappa shape index (κ3) is 6.69. The fourth-order valence-electron chi connectivity index (χ4n) is 4.18. The molecular weight excluding hydrogens is 445 g/mol. The number of aliphatic hydroxyl groups excluding tert-OH is 1. The molecule has 0 amide bonds. The summed E-state index contributed by atoms with van der Waals surface area (Å²) in [5.74, 6) is 0.254. The highest BCUT2D eigenvalue weighted by Crippen LogP contribution is 2.36. The molecule has 188 valence electrons. The second-order valence-corrected chi connectivity index (χ2v) is 9.11. The van der Waals surface area contributed by atoms with Gasteiger partial charge in [-0.25, -0.2) is 9.07 Å². The van der Waals surface area contributed by atoms with Crippen LogP contribution in [0.4, 0.5) is 4.39 Å². The van der Waals surface area contributed by atoms with Crippen LogP contribution in [0.1, 0.15) is 50.8 Å². The Morgan fingerprint density at radius 3 is 2.54 bits per heavy atom. The Labute approximate surface area is 207 Å². The molecule has 1 N–H and O–H groups in total. The number of benzene rings is 2. The third-order valence-corrected chi connectivity index (χ3v) is 6.22. The molecule has 0 aliphatic heterocycles. The van der Waals surface area contributed by atoms with Gasteiger partial charge in [-0.15, -0.1) is 0 Å². The second kappa shape index (κ2) is 12.3. The predicted octanol–water partition coefficient (Wildman–Crippen LogP) is 5.51. The zero-order valence-corrected chi connectivity index (χ0v) is 20.7. The average Bonchev–Trinajstić information content (AvgIpc) is 3.67. The highest BCUT2D eigenvalue weighted by molar-refractivity contribution is 5.44. The van der Waals surface area contributed by atoms with Gasteiger partial charge < -0.3 is 14.6 Å². The van der Waals surface area contributed by atoms with Gasteiger partial charge in [-0.05, 0) is 49.9 Å². The Kier molecular flexibility index (Phi) is 8.90. The van der Waals surface area contributed by atoms with Crippen LogP contribution in [0.2, 0.25) is 0 Å². The van der Waals surface area contributed by atoms with Crippen LogP contribution in [-0.4, -0.2) is 51.7 Å². The van der Waals surface area contributed by atoms with Crippen LogP contribution in [0, 0.1) is 5.82 Å². The molecule has 2 aromatic carbocycles. The summed E-state index contributed by atoms with van der Waals surface area (Å²) < 4.78 is 28.2. The van der Waals surface area contributed by atoms with Gasteiger partial charge in [-0.1, -0.05) is 50.6 Å². The molecule has 7 heteroatoms. The van der Waals surface area contributed by atoms with Gasteiger partial charge in [0.2, 0.25) is 5.88 Å². The molecule has 0 bridgehead atoms. The van der Waals surface area contributed by atoms with Crippen molar-refractivity contribution in [2.45, 2.75) is 64.6 Å². The fourth-order valence-corrected chi connectivity index (χ4v) is 4.18. The van der Waals surface area contributed by atoms with E-state index in [1.807, 2.05) is 30.3 Å². The molecular formula is C28H36FN3O3.